The summed E-state index contributed by atoms with van der Waals surface area (Å²) in [6.07, 6.45) is 2.53. The molecule has 1 aliphatic rings. The van der Waals surface area contributed by atoms with Crippen molar-refractivity contribution in [1.82, 2.24) is 14.9 Å². The van der Waals surface area contributed by atoms with E-state index in [9.17, 15) is 14.4 Å². The molecule has 0 saturated carbocycles. The Kier molecular flexibility index (Phi) is 5.82. The molecule has 1 amide bonds. The molecular formula is C18H17Cl2N3O4. The standard InChI is InChI=1S/C18H17Cl2N3O4/c19-13-4-1-5-14(20)11(13)7-15-21-8-12(16(24)22-15)17(25)23-6-2-3-10(9-23)18(26)27/h1,4-5,8,10H,2-3,6-7,9H2,(H,26,27)(H,21,22,24)/t10-/m0/s1. The van der Waals surface area contributed by atoms with E-state index in [4.69, 9.17) is 28.3 Å². The number of carboxylic acids is 1. The third-order valence-electron chi connectivity index (χ3n) is 4.55. The molecule has 142 valence electrons. The highest BCUT2D eigenvalue weighted by Gasteiger charge is 2.29. The number of nitrogens with one attached hydrogen (secondary N) is 1. The molecule has 9 heteroatoms. The highest BCUT2D eigenvalue weighted by molar-refractivity contribution is 6.36. The van der Waals surface area contributed by atoms with Gasteiger partial charge in [0.15, 0.2) is 0 Å². The summed E-state index contributed by atoms with van der Waals surface area (Å²) in [4.78, 5) is 44.3. The Balaban J connectivity index is 1.79. The monoisotopic (exact) mass is 409 g/mol. The third kappa shape index (κ3) is 4.31. The molecule has 0 spiro atoms. The molecule has 1 aromatic heterocycles. The first kappa shape index (κ1) is 19.4. The number of halogens is 2. The van der Waals surface area contributed by atoms with Crippen molar-refractivity contribution in [2.24, 2.45) is 5.92 Å². The summed E-state index contributed by atoms with van der Waals surface area (Å²) in [7, 11) is 0. The zero-order chi connectivity index (χ0) is 19.6. The van der Waals surface area contributed by atoms with E-state index < -0.39 is 23.4 Å². The normalized spacial score (nSPS) is 17.0. The number of carbonyl (C=O) groups is 2. The number of hydrogen-bond donors (Lipinski definition) is 2. The zero-order valence-electron chi connectivity index (χ0n) is 14.2. The summed E-state index contributed by atoms with van der Waals surface area (Å²) >= 11 is 12.3. The van der Waals surface area contributed by atoms with Crippen LogP contribution in [0.15, 0.2) is 29.2 Å². The van der Waals surface area contributed by atoms with Gasteiger partial charge in [-0.3, -0.25) is 14.4 Å². The first-order valence-electron chi connectivity index (χ1n) is 8.40. The first-order valence-corrected chi connectivity index (χ1v) is 9.15. The summed E-state index contributed by atoms with van der Waals surface area (Å²) in [5.41, 5.74) is -0.0657. The highest BCUT2D eigenvalue weighted by Crippen LogP contribution is 2.25. The predicted octanol–water partition coefficient (Wildman–Crippen LogP) is 2.60. The summed E-state index contributed by atoms with van der Waals surface area (Å²) in [5, 5.41) is 10.1. The molecule has 1 atom stereocenters. The summed E-state index contributed by atoms with van der Waals surface area (Å²) < 4.78 is 0. The van der Waals surface area contributed by atoms with Crippen LogP contribution in [-0.4, -0.2) is 44.9 Å². The number of aliphatic carboxylic acids is 1. The lowest BCUT2D eigenvalue weighted by atomic mass is 9.98. The number of carbonyl (C=O) groups excluding carboxylic acids is 1. The van der Waals surface area contributed by atoms with Crippen molar-refractivity contribution in [2.45, 2.75) is 19.3 Å². The molecule has 7 nitrogen and oxygen atoms in total. The van der Waals surface area contributed by atoms with Crippen molar-refractivity contribution >= 4 is 35.1 Å². The van der Waals surface area contributed by atoms with Gasteiger partial charge in [0.1, 0.15) is 11.4 Å². The number of aromatic amines is 1. The van der Waals surface area contributed by atoms with Crippen LogP contribution in [0.5, 0.6) is 0 Å². The summed E-state index contributed by atoms with van der Waals surface area (Å²) in [6, 6.07) is 5.09. The number of likely N-dealkylation sites (tertiary alicyclic amines) is 1. The van der Waals surface area contributed by atoms with E-state index in [1.807, 2.05) is 0 Å². The van der Waals surface area contributed by atoms with Crippen molar-refractivity contribution in [2.75, 3.05) is 13.1 Å². The number of amides is 1. The topological polar surface area (TPSA) is 103 Å². The Morgan fingerprint density at radius 2 is 2.00 bits per heavy atom. The molecule has 0 bridgehead atoms. The molecule has 1 saturated heterocycles. The van der Waals surface area contributed by atoms with Gasteiger partial charge in [-0.2, -0.15) is 0 Å². The Labute approximate surface area is 164 Å². The van der Waals surface area contributed by atoms with Crippen LogP contribution in [0.4, 0.5) is 0 Å². The van der Waals surface area contributed by atoms with E-state index in [0.29, 0.717) is 40.8 Å². The average molecular weight is 410 g/mol. The van der Waals surface area contributed by atoms with E-state index in [1.54, 1.807) is 18.2 Å². The maximum absolute atomic E-state index is 12.6. The number of nitrogens with zero attached hydrogens (tertiary/aromatic N) is 2. The van der Waals surface area contributed by atoms with E-state index in [-0.39, 0.29) is 18.5 Å². The second-order valence-corrected chi connectivity index (χ2v) is 7.19. The van der Waals surface area contributed by atoms with Crippen LogP contribution in [0.3, 0.4) is 0 Å². The molecular weight excluding hydrogens is 393 g/mol. The van der Waals surface area contributed by atoms with Gasteiger partial charge in [-0.1, -0.05) is 29.3 Å². The number of piperidine rings is 1. The summed E-state index contributed by atoms with van der Waals surface area (Å²) in [6.45, 7) is 0.504. The van der Waals surface area contributed by atoms with Gasteiger partial charge < -0.3 is 15.0 Å². The van der Waals surface area contributed by atoms with Gasteiger partial charge in [0.2, 0.25) is 0 Å². The summed E-state index contributed by atoms with van der Waals surface area (Å²) in [5.74, 6) is -1.74. The quantitative estimate of drug-likeness (QED) is 0.807. The van der Waals surface area contributed by atoms with E-state index >= 15 is 0 Å². The molecule has 1 fully saturated rings. The van der Waals surface area contributed by atoms with Crippen molar-refractivity contribution in [3.63, 3.8) is 0 Å². The van der Waals surface area contributed by atoms with Gasteiger partial charge in [-0.15, -0.1) is 0 Å². The van der Waals surface area contributed by atoms with E-state index in [0.717, 1.165) is 0 Å². The molecule has 0 unspecified atom stereocenters. The second kappa shape index (κ2) is 8.10. The smallest absolute Gasteiger partial charge is 0.308 e. The molecule has 0 radical (unpaired) electrons. The van der Waals surface area contributed by atoms with Crippen LogP contribution in [0.1, 0.15) is 34.6 Å². The van der Waals surface area contributed by atoms with Gasteiger partial charge in [-0.25, -0.2) is 4.98 Å². The van der Waals surface area contributed by atoms with Crippen LogP contribution in [0.25, 0.3) is 0 Å². The first-order chi connectivity index (χ1) is 12.9. The molecule has 3 rings (SSSR count). The Morgan fingerprint density at radius 3 is 2.63 bits per heavy atom. The largest absolute Gasteiger partial charge is 0.481 e. The predicted molar refractivity (Wildman–Crippen MR) is 100 cm³/mol. The van der Waals surface area contributed by atoms with Crippen molar-refractivity contribution < 1.29 is 14.7 Å². The van der Waals surface area contributed by atoms with Gasteiger partial charge in [-0.05, 0) is 30.5 Å². The van der Waals surface area contributed by atoms with Crippen LogP contribution < -0.4 is 5.56 Å². The van der Waals surface area contributed by atoms with Crippen molar-refractivity contribution in [1.29, 1.82) is 0 Å². The fourth-order valence-corrected chi connectivity index (χ4v) is 3.61. The van der Waals surface area contributed by atoms with Crippen LogP contribution in [0, 0.1) is 5.92 Å². The van der Waals surface area contributed by atoms with Crippen LogP contribution in [-0.2, 0) is 11.2 Å². The fourth-order valence-electron chi connectivity index (χ4n) is 3.08. The molecule has 1 aliphatic heterocycles. The SMILES string of the molecule is O=C(O)[C@H]1CCCN(C(=O)c2cnc(Cc3c(Cl)cccc3Cl)[nH]c2=O)C1. The fraction of sp³-hybridized carbons (Fsp3) is 0.333. The minimum atomic E-state index is -0.938. The third-order valence-corrected chi connectivity index (χ3v) is 5.25. The Bertz CT molecular complexity index is 924. The minimum absolute atomic E-state index is 0.0879. The number of carboxylic acid groups (broad SMARTS) is 1. The second-order valence-electron chi connectivity index (χ2n) is 6.38. The van der Waals surface area contributed by atoms with Gasteiger partial charge in [0.05, 0.1) is 5.92 Å². The zero-order valence-corrected chi connectivity index (χ0v) is 15.8. The Hall–Kier alpha value is -2.38. The molecule has 2 aromatic rings. The number of aromatic nitrogens is 2. The maximum atomic E-state index is 12.6. The van der Waals surface area contributed by atoms with Crippen molar-refractivity contribution in [3.05, 3.63) is 61.7 Å². The Morgan fingerprint density at radius 1 is 1.30 bits per heavy atom. The number of rotatable bonds is 4. The minimum Gasteiger partial charge on any atom is -0.481 e. The molecule has 2 N–H and O–H groups in total. The molecule has 0 aliphatic carbocycles. The van der Waals surface area contributed by atoms with E-state index in [1.165, 1.54) is 11.1 Å². The lowest BCUT2D eigenvalue weighted by molar-refractivity contribution is -0.143. The average Bonchev–Trinajstić information content (AvgIpc) is 2.64. The number of hydrogen-bond acceptors (Lipinski definition) is 4. The van der Waals surface area contributed by atoms with Crippen LogP contribution >= 0.6 is 23.2 Å². The molecule has 1 aromatic carbocycles. The van der Waals surface area contributed by atoms with Gasteiger partial charge in [0.25, 0.3) is 11.5 Å². The molecule has 27 heavy (non-hydrogen) atoms. The number of benzene rings is 1. The van der Waals surface area contributed by atoms with Gasteiger partial charge in [0, 0.05) is 35.8 Å². The maximum Gasteiger partial charge on any atom is 0.308 e. The molecule has 2 heterocycles. The highest BCUT2D eigenvalue weighted by atomic mass is 35.5. The van der Waals surface area contributed by atoms with Gasteiger partial charge >= 0.3 is 5.97 Å². The van der Waals surface area contributed by atoms with E-state index in [2.05, 4.69) is 9.97 Å². The van der Waals surface area contributed by atoms with Crippen molar-refractivity contribution in [3.8, 4) is 0 Å². The number of H-pyrrole nitrogens is 1. The van der Waals surface area contributed by atoms with Crippen LogP contribution in [0.2, 0.25) is 10.0 Å². The lowest BCUT2D eigenvalue weighted by Gasteiger charge is -2.30. The lowest BCUT2D eigenvalue weighted by Crippen LogP contribution is -2.44.